The van der Waals surface area contributed by atoms with Crippen molar-refractivity contribution in [3.8, 4) is 5.75 Å². The molecular formula is C17H26IN5O. The van der Waals surface area contributed by atoms with Crippen molar-refractivity contribution in [2.75, 3.05) is 20.2 Å². The van der Waals surface area contributed by atoms with E-state index in [0.29, 0.717) is 6.54 Å². The lowest BCUT2D eigenvalue weighted by molar-refractivity contribution is 0.414. The average molecular weight is 443 g/mol. The molecule has 0 amide bonds. The first-order valence-electron chi connectivity index (χ1n) is 7.84. The lowest BCUT2D eigenvalue weighted by Gasteiger charge is -2.11. The fraction of sp³-hybridized carbons (Fsp3) is 0.412. The second-order valence-corrected chi connectivity index (χ2v) is 5.25. The number of nitrogens with one attached hydrogen (secondary N) is 2. The van der Waals surface area contributed by atoms with Crippen LogP contribution < -0.4 is 15.4 Å². The predicted molar refractivity (Wildman–Crippen MR) is 108 cm³/mol. The zero-order valence-electron chi connectivity index (χ0n) is 14.5. The highest BCUT2D eigenvalue weighted by Crippen LogP contribution is 2.13. The van der Waals surface area contributed by atoms with Gasteiger partial charge in [-0.2, -0.15) is 5.10 Å². The molecule has 0 atom stereocenters. The van der Waals surface area contributed by atoms with Crippen LogP contribution >= 0.6 is 24.0 Å². The molecule has 2 rings (SSSR count). The van der Waals surface area contributed by atoms with Gasteiger partial charge in [0.2, 0.25) is 0 Å². The number of hydrogen-bond acceptors (Lipinski definition) is 3. The molecule has 6 nitrogen and oxygen atoms in total. The second-order valence-electron chi connectivity index (χ2n) is 5.25. The molecule has 0 aliphatic heterocycles. The average Bonchev–Trinajstić information content (AvgIpc) is 2.98. The van der Waals surface area contributed by atoms with Crippen molar-refractivity contribution in [2.45, 2.75) is 19.9 Å². The molecule has 1 aromatic heterocycles. The van der Waals surface area contributed by atoms with Crippen molar-refractivity contribution in [2.24, 2.45) is 12.0 Å². The minimum Gasteiger partial charge on any atom is -0.497 e. The van der Waals surface area contributed by atoms with E-state index in [1.165, 1.54) is 5.56 Å². The van der Waals surface area contributed by atoms with Gasteiger partial charge in [-0.15, -0.1) is 24.0 Å². The van der Waals surface area contributed by atoms with Gasteiger partial charge in [-0.05, 0) is 36.6 Å². The van der Waals surface area contributed by atoms with Gasteiger partial charge in [0.1, 0.15) is 5.75 Å². The SMILES string of the molecule is CCNC(=NCc1cccc(OC)c1)NCCc1cnn(C)c1.I. The monoisotopic (exact) mass is 443 g/mol. The molecular weight excluding hydrogens is 417 g/mol. The number of hydrogen-bond donors (Lipinski definition) is 2. The molecule has 0 fully saturated rings. The summed E-state index contributed by atoms with van der Waals surface area (Å²) in [5, 5.41) is 10.8. The normalized spacial score (nSPS) is 10.9. The molecule has 24 heavy (non-hydrogen) atoms. The minimum atomic E-state index is 0. The van der Waals surface area contributed by atoms with E-state index in [-0.39, 0.29) is 24.0 Å². The van der Waals surface area contributed by atoms with Crippen LogP contribution in [0.15, 0.2) is 41.7 Å². The first-order chi connectivity index (χ1) is 11.2. The highest BCUT2D eigenvalue weighted by atomic mass is 127. The molecule has 0 aliphatic rings. The number of aryl methyl sites for hydroxylation is 1. The Hall–Kier alpha value is -1.77. The Morgan fingerprint density at radius 3 is 2.79 bits per heavy atom. The summed E-state index contributed by atoms with van der Waals surface area (Å²) < 4.78 is 7.05. The van der Waals surface area contributed by atoms with Gasteiger partial charge >= 0.3 is 0 Å². The van der Waals surface area contributed by atoms with Gasteiger partial charge < -0.3 is 15.4 Å². The molecule has 0 bridgehead atoms. The third kappa shape index (κ3) is 6.77. The van der Waals surface area contributed by atoms with E-state index in [1.807, 2.05) is 48.4 Å². The van der Waals surface area contributed by atoms with Crippen LogP contribution in [-0.4, -0.2) is 35.9 Å². The highest BCUT2D eigenvalue weighted by Gasteiger charge is 2.00. The predicted octanol–water partition coefficient (Wildman–Crippen LogP) is 2.34. The summed E-state index contributed by atoms with van der Waals surface area (Å²) >= 11 is 0. The second kappa shape index (κ2) is 10.9. The summed E-state index contributed by atoms with van der Waals surface area (Å²) in [6, 6.07) is 7.96. The van der Waals surface area contributed by atoms with Crippen LogP contribution in [0.2, 0.25) is 0 Å². The van der Waals surface area contributed by atoms with Crippen LogP contribution in [0.3, 0.4) is 0 Å². The van der Waals surface area contributed by atoms with Crippen LogP contribution in [0.4, 0.5) is 0 Å². The Balaban J connectivity index is 0.00000288. The largest absolute Gasteiger partial charge is 0.497 e. The van der Waals surface area contributed by atoms with Crippen molar-refractivity contribution < 1.29 is 4.74 Å². The molecule has 0 saturated heterocycles. The van der Waals surface area contributed by atoms with Gasteiger partial charge in [0, 0.05) is 26.3 Å². The van der Waals surface area contributed by atoms with Crippen molar-refractivity contribution in [3.05, 3.63) is 47.8 Å². The van der Waals surface area contributed by atoms with E-state index in [0.717, 1.165) is 36.8 Å². The molecule has 1 aromatic carbocycles. The highest BCUT2D eigenvalue weighted by molar-refractivity contribution is 14.0. The maximum absolute atomic E-state index is 5.24. The number of aliphatic imine (C=N–C) groups is 1. The third-order valence-corrected chi connectivity index (χ3v) is 3.36. The number of methoxy groups -OCH3 is 1. The van der Waals surface area contributed by atoms with Crippen molar-refractivity contribution >= 4 is 29.9 Å². The van der Waals surface area contributed by atoms with Gasteiger partial charge in [0.25, 0.3) is 0 Å². The molecule has 0 saturated carbocycles. The molecule has 7 heteroatoms. The van der Waals surface area contributed by atoms with E-state index < -0.39 is 0 Å². The molecule has 132 valence electrons. The summed E-state index contributed by atoms with van der Waals surface area (Å²) in [4.78, 5) is 4.61. The molecule has 2 aromatic rings. The number of nitrogens with zero attached hydrogens (tertiary/aromatic N) is 3. The Labute approximate surface area is 160 Å². The smallest absolute Gasteiger partial charge is 0.191 e. The summed E-state index contributed by atoms with van der Waals surface area (Å²) in [5.41, 5.74) is 2.33. The van der Waals surface area contributed by atoms with E-state index in [4.69, 9.17) is 4.74 Å². The first-order valence-corrected chi connectivity index (χ1v) is 7.84. The van der Waals surface area contributed by atoms with Gasteiger partial charge in [-0.3, -0.25) is 4.68 Å². The first kappa shape index (κ1) is 20.3. The fourth-order valence-electron chi connectivity index (χ4n) is 2.21. The van der Waals surface area contributed by atoms with Crippen LogP contribution in [0.5, 0.6) is 5.75 Å². The Kier molecular flexibility index (Phi) is 9.21. The number of benzene rings is 1. The number of guanidine groups is 1. The molecule has 0 radical (unpaired) electrons. The van der Waals surface area contributed by atoms with Gasteiger partial charge in [0.15, 0.2) is 5.96 Å². The van der Waals surface area contributed by atoms with Crippen LogP contribution in [-0.2, 0) is 20.0 Å². The van der Waals surface area contributed by atoms with Crippen LogP contribution in [0.1, 0.15) is 18.1 Å². The Bertz CT molecular complexity index is 641. The van der Waals surface area contributed by atoms with Gasteiger partial charge in [-0.25, -0.2) is 4.99 Å². The van der Waals surface area contributed by atoms with Crippen LogP contribution in [0, 0.1) is 0 Å². The van der Waals surface area contributed by atoms with Gasteiger partial charge in [0.05, 0.1) is 19.9 Å². The molecule has 0 spiro atoms. The lowest BCUT2D eigenvalue weighted by Crippen LogP contribution is -2.38. The molecule has 0 aliphatic carbocycles. The van der Waals surface area contributed by atoms with Crippen molar-refractivity contribution in [1.82, 2.24) is 20.4 Å². The van der Waals surface area contributed by atoms with E-state index in [9.17, 15) is 0 Å². The Morgan fingerprint density at radius 2 is 2.12 bits per heavy atom. The maximum Gasteiger partial charge on any atom is 0.191 e. The number of rotatable bonds is 7. The standard InChI is InChI=1S/C17H25N5O.HI/c1-4-18-17(19-9-8-15-12-21-22(2)13-15)20-11-14-6-5-7-16(10-14)23-3;/h5-7,10,12-13H,4,8-9,11H2,1-3H3,(H2,18,19,20);1H. The summed E-state index contributed by atoms with van der Waals surface area (Å²) in [5.74, 6) is 1.67. The minimum absolute atomic E-state index is 0. The zero-order chi connectivity index (χ0) is 16.5. The number of aromatic nitrogens is 2. The zero-order valence-corrected chi connectivity index (χ0v) is 16.8. The fourth-order valence-corrected chi connectivity index (χ4v) is 2.21. The van der Waals surface area contributed by atoms with Crippen molar-refractivity contribution in [3.63, 3.8) is 0 Å². The lowest BCUT2D eigenvalue weighted by atomic mass is 10.2. The molecule has 2 N–H and O–H groups in total. The summed E-state index contributed by atoms with van der Waals surface area (Å²) in [6.45, 7) is 4.32. The van der Waals surface area contributed by atoms with E-state index in [1.54, 1.807) is 7.11 Å². The summed E-state index contributed by atoms with van der Waals surface area (Å²) in [7, 11) is 3.60. The number of halogens is 1. The quantitative estimate of drug-likeness (QED) is 0.392. The van der Waals surface area contributed by atoms with Gasteiger partial charge in [-0.1, -0.05) is 12.1 Å². The van der Waals surface area contributed by atoms with E-state index in [2.05, 4.69) is 27.6 Å². The third-order valence-electron chi connectivity index (χ3n) is 3.36. The van der Waals surface area contributed by atoms with Crippen LogP contribution in [0.25, 0.3) is 0 Å². The maximum atomic E-state index is 5.24. The summed E-state index contributed by atoms with van der Waals surface area (Å²) in [6.07, 6.45) is 4.83. The topological polar surface area (TPSA) is 63.5 Å². The van der Waals surface area contributed by atoms with E-state index >= 15 is 0 Å². The Morgan fingerprint density at radius 1 is 1.29 bits per heavy atom. The van der Waals surface area contributed by atoms with Crippen molar-refractivity contribution in [1.29, 1.82) is 0 Å². The molecule has 0 unspecified atom stereocenters. The molecule has 1 heterocycles. The number of ether oxygens (including phenoxy) is 1.